The van der Waals surface area contributed by atoms with E-state index in [0.717, 1.165) is 18.8 Å². The number of hydrogen-bond acceptors (Lipinski definition) is 3. The first-order valence-corrected chi connectivity index (χ1v) is 6.94. The zero-order chi connectivity index (χ0) is 12.6. The van der Waals surface area contributed by atoms with Gasteiger partial charge < -0.3 is 15.0 Å². The molecular formula is C15H24N2O. The van der Waals surface area contributed by atoms with Crippen LogP contribution in [-0.4, -0.2) is 38.2 Å². The minimum atomic E-state index is 0.922. The molecule has 100 valence electrons. The smallest absolute Gasteiger partial charge is 0.119 e. The van der Waals surface area contributed by atoms with Crippen LogP contribution < -0.4 is 10.1 Å². The highest BCUT2D eigenvalue weighted by Gasteiger charge is 2.08. The van der Waals surface area contributed by atoms with Crippen LogP contribution in [0.4, 0.5) is 0 Å². The fraction of sp³-hybridized carbons (Fsp3) is 0.600. The molecule has 0 saturated carbocycles. The summed E-state index contributed by atoms with van der Waals surface area (Å²) >= 11 is 0. The molecule has 1 aromatic rings. The van der Waals surface area contributed by atoms with E-state index in [1.807, 2.05) is 12.1 Å². The van der Waals surface area contributed by atoms with Crippen LogP contribution >= 0.6 is 0 Å². The van der Waals surface area contributed by atoms with Gasteiger partial charge in [0.05, 0.1) is 7.11 Å². The Morgan fingerprint density at radius 2 is 2.06 bits per heavy atom. The fourth-order valence-corrected chi connectivity index (χ4v) is 2.44. The summed E-state index contributed by atoms with van der Waals surface area (Å²) in [7, 11) is 1.71. The Labute approximate surface area is 110 Å². The van der Waals surface area contributed by atoms with Gasteiger partial charge in [0.2, 0.25) is 0 Å². The van der Waals surface area contributed by atoms with E-state index in [-0.39, 0.29) is 0 Å². The van der Waals surface area contributed by atoms with Crippen LogP contribution in [0, 0.1) is 0 Å². The number of likely N-dealkylation sites (tertiary alicyclic amines) is 1. The Morgan fingerprint density at radius 3 is 2.83 bits per heavy atom. The summed E-state index contributed by atoms with van der Waals surface area (Å²) in [6, 6.07) is 8.25. The van der Waals surface area contributed by atoms with Gasteiger partial charge in [-0.3, -0.25) is 0 Å². The van der Waals surface area contributed by atoms with Crippen LogP contribution in [0.3, 0.4) is 0 Å². The number of piperidine rings is 1. The summed E-state index contributed by atoms with van der Waals surface area (Å²) in [5.74, 6) is 0.935. The molecule has 0 spiro atoms. The summed E-state index contributed by atoms with van der Waals surface area (Å²) in [5, 5.41) is 3.50. The molecule has 0 aliphatic carbocycles. The lowest BCUT2D eigenvalue weighted by molar-refractivity contribution is 0.229. The zero-order valence-corrected chi connectivity index (χ0v) is 11.3. The van der Waals surface area contributed by atoms with Crippen molar-refractivity contribution in [3.8, 4) is 5.75 Å². The van der Waals surface area contributed by atoms with E-state index in [0.29, 0.717) is 0 Å². The summed E-state index contributed by atoms with van der Waals surface area (Å²) in [5.41, 5.74) is 1.29. The number of nitrogens with one attached hydrogen (secondary N) is 1. The fourth-order valence-electron chi connectivity index (χ4n) is 2.44. The molecule has 0 bridgehead atoms. The third-order valence-corrected chi connectivity index (χ3v) is 3.52. The maximum Gasteiger partial charge on any atom is 0.119 e. The highest BCUT2D eigenvalue weighted by molar-refractivity contribution is 5.28. The van der Waals surface area contributed by atoms with Gasteiger partial charge in [0, 0.05) is 19.6 Å². The lowest BCUT2D eigenvalue weighted by Crippen LogP contribution is -2.35. The van der Waals surface area contributed by atoms with E-state index in [1.165, 1.54) is 44.5 Å². The van der Waals surface area contributed by atoms with E-state index >= 15 is 0 Å². The summed E-state index contributed by atoms with van der Waals surface area (Å²) in [6.45, 7) is 5.72. The van der Waals surface area contributed by atoms with Crippen molar-refractivity contribution in [1.82, 2.24) is 10.2 Å². The maximum atomic E-state index is 5.22. The van der Waals surface area contributed by atoms with Gasteiger partial charge in [-0.1, -0.05) is 18.6 Å². The summed E-state index contributed by atoms with van der Waals surface area (Å²) in [4.78, 5) is 2.56. The number of hydrogen-bond donors (Lipinski definition) is 1. The Bertz CT molecular complexity index is 348. The normalized spacial score (nSPS) is 16.7. The van der Waals surface area contributed by atoms with Crippen molar-refractivity contribution in [2.24, 2.45) is 0 Å². The molecule has 0 aromatic heterocycles. The molecule has 1 aromatic carbocycles. The Hall–Kier alpha value is -1.06. The lowest BCUT2D eigenvalue weighted by Gasteiger charge is -2.26. The molecule has 3 nitrogen and oxygen atoms in total. The Morgan fingerprint density at radius 1 is 1.22 bits per heavy atom. The second-order valence-corrected chi connectivity index (χ2v) is 4.93. The first-order chi connectivity index (χ1) is 8.88. The van der Waals surface area contributed by atoms with Gasteiger partial charge >= 0.3 is 0 Å². The molecule has 18 heavy (non-hydrogen) atoms. The van der Waals surface area contributed by atoms with Crippen LogP contribution in [0.1, 0.15) is 24.8 Å². The van der Waals surface area contributed by atoms with E-state index in [4.69, 9.17) is 4.74 Å². The molecule has 0 unspecified atom stereocenters. The quantitative estimate of drug-likeness (QED) is 0.782. The van der Waals surface area contributed by atoms with Crippen molar-refractivity contribution in [3.05, 3.63) is 29.8 Å². The predicted molar refractivity (Wildman–Crippen MR) is 75.0 cm³/mol. The summed E-state index contributed by atoms with van der Waals surface area (Å²) < 4.78 is 5.22. The average Bonchev–Trinajstić information content (AvgIpc) is 2.45. The second-order valence-electron chi connectivity index (χ2n) is 4.93. The Kier molecular flexibility index (Phi) is 5.49. The van der Waals surface area contributed by atoms with Gasteiger partial charge in [0.25, 0.3) is 0 Å². The molecule has 3 heteroatoms. The molecule has 1 aliphatic heterocycles. The molecule has 0 atom stereocenters. The Balaban J connectivity index is 1.65. The van der Waals surface area contributed by atoms with Crippen molar-refractivity contribution >= 4 is 0 Å². The van der Waals surface area contributed by atoms with Crippen molar-refractivity contribution in [1.29, 1.82) is 0 Å². The largest absolute Gasteiger partial charge is 0.497 e. The number of ether oxygens (including phenoxy) is 1. The second kappa shape index (κ2) is 7.39. The predicted octanol–water partition coefficient (Wildman–Crippen LogP) is 2.27. The van der Waals surface area contributed by atoms with Crippen LogP contribution in [0.25, 0.3) is 0 Å². The highest BCUT2D eigenvalue weighted by Crippen LogP contribution is 2.12. The summed E-state index contributed by atoms with van der Waals surface area (Å²) in [6.07, 6.45) is 4.15. The average molecular weight is 248 g/mol. The molecule has 1 saturated heterocycles. The van der Waals surface area contributed by atoms with E-state index in [9.17, 15) is 0 Å². The number of nitrogens with zero attached hydrogens (tertiary/aromatic N) is 1. The minimum Gasteiger partial charge on any atom is -0.497 e. The van der Waals surface area contributed by atoms with Crippen LogP contribution in [-0.2, 0) is 6.54 Å². The molecule has 1 aliphatic rings. The number of benzene rings is 1. The first-order valence-electron chi connectivity index (χ1n) is 6.94. The number of rotatable bonds is 6. The van der Waals surface area contributed by atoms with Crippen molar-refractivity contribution in [3.63, 3.8) is 0 Å². The van der Waals surface area contributed by atoms with E-state index < -0.39 is 0 Å². The molecule has 1 heterocycles. The van der Waals surface area contributed by atoms with Gasteiger partial charge in [0.1, 0.15) is 5.75 Å². The van der Waals surface area contributed by atoms with Gasteiger partial charge in [0.15, 0.2) is 0 Å². The van der Waals surface area contributed by atoms with Crippen molar-refractivity contribution < 1.29 is 4.74 Å². The molecular weight excluding hydrogens is 224 g/mol. The number of methoxy groups -OCH3 is 1. The topological polar surface area (TPSA) is 24.5 Å². The van der Waals surface area contributed by atoms with Gasteiger partial charge in [-0.05, 0) is 43.6 Å². The highest BCUT2D eigenvalue weighted by atomic mass is 16.5. The zero-order valence-electron chi connectivity index (χ0n) is 11.3. The van der Waals surface area contributed by atoms with Crippen molar-refractivity contribution in [2.45, 2.75) is 25.8 Å². The minimum absolute atomic E-state index is 0.922. The van der Waals surface area contributed by atoms with Gasteiger partial charge in [-0.25, -0.2) is 0 Å². The third kappa shape index (κ3) is 4.31. The molecule has 1 N–H and O–H groups in total. The van der Waals surface area contributed by atoms with Crippen molar-refractivity contribution in [2.75, 3.05) is 33.3 Å². The van der Waals surface area contributed by atoms with Crippen LogP contribution in [0.2, 0.25) is 0 Å². The standard InChI is InChI=1S/C15H24N2O/c1-18-15-7-5-6-14(12-15)13-16-8-11-17-9-3-2-4-10-17/h5-7,12,16H,2-4,8-11,13H2,1H3. The van der Waals surface area contributed by atoms with Gasteiger partial charge in [-0.15, -0.1) is 0 Å². The van der Waals surface area contributed by atoms with Gasteiger partial charge in [-0.2, -0.15) is 0 Å². The van der Waals surface area contributed by atoms with E-state index in [2.05, 4.69) is 22.3 Å². The van der Waals surface area contributed by atoms with Crippen LogP contribution in [0.15, 0.2) is 24.3 Å². The SMILES string of the molecule is COc1cccc(CNCCN2CCCCC2)c1. The molecule has 0 radical (unpaired) electrons. The maximum absolute atomic E-state index is 5.22. The molecule has 0 amide bonds. The van der Waals surface area contributed by atoms with E-state index in [1.54, 1.807) is 7.11 Å². The molecule has 2 rings (SSSR count). The van der Waals surface area contributed by atoms with Crippen LogP contribution in [0.5, 0.6) is 5.75 Å². The first kappa shape index (κ1) is 13.4. The lowest BCUT2D eigenvalue weighted by atomic mass is 10.1. The molecule has 1 fully saturated rings. The third-order valence-electron chi connectivity index (χ3n) is 3.52. The monoisotopic (exact) mass is 248 g/mol.